The molecule has 0 aliphatic heterocycles. The van der Waals surface area contributed by atoms with E-state index in [1.165, 1.54) is 5.56 Å². The van der Waals surface area contributed by atoms with Crippen LogP contribution in [0.1, 0.15) is 19.4 Å². The van der Waals surface area contributed by atoms with Gasteiger partial charge in [0.05, 0.1) is 0 Å². The summed E-state index contributed by atoms with van der Waals surface area (Å²) in [5.74, 6) is 3.48. The fourth-order valence-corrected chi connectivity index (χ4v) is 0.903. The zero-order valence-electron chi connectivity index (χ0n) is 7.42. The quantitative estimate of drug-likeness (QED) is 0.604. The summed E-state index contributed by atoms with van der Waals surface area (Å²) < 4.78 is 5.09. The Morgan fingerprint density at radius 2 is 1.92 bits per heavy atom. The molecule has 0 radical (unpaired) electrons. The smallest absolute Gasteiger partial charge is 0.140 e. The minimum atomic E-state index is 0.807. The molecule has 1 aromatic rings. The Balaban J connectivity index is 2.69. The van der Waals surface area contributed by atoms with Gasteiger partial charge in [0.1, 0.15) is 11.9 Å². The second kappa shape index (κ2) is 4.46. The van der Waals surface area contributed by atoms with Crippen LogP contribution in [0.3, 0.4) is 0 Å². The lowest BCUT2D eigenvalue weighted by molar-refractivity contribution is 0.519. The molecule has 62 valence electrons. The molecule has 0 aromatic heterocycles. The first kappa shape index (κ1) is 8.67. The molecule has 1 heteroatoms. The summed E-state index contributed by atoms with van der Waals surface area (Å²) in [5.41, 5.74) is 1.31. The third-order valence-corrected chi connectivity index (χ3v) is 1.60. The molecule has 12 heavy (non-hydrogen) atoms. The first-order valence-corrected chi connectivity index (χ1v) is 4.04. The molecule has 0 atom stereocenters. The van der Waals surface area contributed by atoms with Gasteiger partial charge < -0.3 is 4.74 Å². The highest BCUT2D eigenvalue weighted by molar-refractivity contribution is 5.28. The summed E-state index contributed by atoms with van der Waals surface area (Å²) in [6.45, 7) is 3.88. The van der Waals surface area contributed by atoms with Gasteiger partial charge in [0, 0.05) is 6.92 Å². The Hall–Kier alpha value is -1.42. The zero-order chi connectivity index (χ0) is 8.81. The Morgan fingerprint density at radius 1 is 1.25 bits per heavy atom. The van der Waals surface area contributed by atoms with Crippen LogP contribution < -0.4 is 4.74 Å². The lowest BCUT2D eigenvalue weighted by Gasteiger charge is -1.98. The summed E-state index contributed by atoms with van der Waals surface area (Å²) in [6.07, 6.45) is 3.61. The van der Waals surface area contributed by atoms with Gasteiger partial charge in [0.25, 0.3) is 0 Å². The minimum Gasteiger partial charge on any atom is -0.408 e. The van der Waals surface area contributed by atoms with Crippen molar-refractivity contribution >= 4 is 0 Å². The highest BCUT2D eigenvalue weighted by Gasteiger charge is 1.90. The van der Waals surface area contributed by atoms with Crippen molar-refractivity contribution in [2.75, 3.05) is 0 Å². The third kappa shape index (κ3) is 2.32. The molecule has 1 rings (SSSR count). The van der Waals surface area contributed by atoms with Crippen LogP contribution in [-0.2, 0) is 6.42 Å². The van der Waals surface area contributed by atoms with Crippen molar-refractivity contribution in [3.8, 4) is 17.8 Å². The fourth-order valence-electron chi connectivity index (χ4n) is 0.903. The van der Waals surface area contributed by atoms with Crippen molar-refractivity contribution in [2.24, 2.45) is 0 Å². The summed E-state index contributed by atoms with van der Waals surface area (Å²) in [5, 5.41) is 0. The Morgan fingerprint density at radius 3 is 2.42 bits per heavy atom. The lowest BCUT2D eigenvalue weighted by Crippen LogP contribution is -1.83. The topological polar surface area (TPSA) is 9.23 Å². The predicted octanol–water partition coefficient (Wildman–Crippen LogP) is 2.61. The van der Waals surface area contributed by atoms with Gasteiger partial charge in [-0.25, -0.2) is 0 Å². The van der Waals surface area contributed by atoms with Crippen LogP contribution in [0, 0.1) is 12.0 Å². The van der Waals surface area contributed by atoms with Crippen molar-refractivity contribution in [3.05, 3.63) is 29.8 Å². The number of ether oxygens (including phenoxy) is 1. The van der Waals surface area contributed by atoms with Crippen LogP contribution in [0.4, 0.5) is 0 Å². The lowest BCUT2D eigenvalue weighted by atomic mass is 10.2. The number of hydrogen-bond acceptors (Lipinski definition) is 1. The molecule has 0 bridgehead atoms. The van der Waals surface area contributed by atoms with E-state index in [1.807, 2.05) is 24.3 Å². The van der Waals surface area contributed by atoms with Crippen molar-refractivity contribution in [2.45, 2.75) is 20.3 Å². The van der Waals surface area contributed by atoms with Crippen LogP contribution in [0.5, 0.6) is 5.75 Å². The van der Waals surface area contributed by atoms with E-state index in [9.17, 15) is 0 Å². The summed E-state index contributed by atoms with van der Waals surface area (Å²) in [7, 11) is 0. The van der Waals surface area contributed by atoms with Crippen LogP contribution in [0.25, 0.3) is 0 Å². The highest BCUT2D eigenvalue weighted by Crippen LogP contribution is 2.11. The molecule has 1 aromatic carbocycles. The van der Waals surface area contributed by atoms with E-state index in [1.54, 1.807) is 6.92 Å². The van der Waals surface area contributed by atoms with Crippen molar-refractivity contribution in [3.63, 3.8) is 0 Å². The van der Waals surface area contributed by atoms with E-state index >= 15 is 0 Å². The van der Waals surface area contributed by atoms with Gasteiger partial charge in [-0.05, 0) is 24.1 Å². The van der Waals surface area contributed by atoms with Crippen molar-refractivity contribution in [1.82, 2.24) is 0 Å². The molecule has 0 aliphatic rings. The number of benzene rings is 1. The summed E-state index contributed by atoms with van der Waals surface area (Å²) in [4.78, 5) is 0. The fraction of sp³-hybridized carbons (Fsp3) is 0.273. The van der Waals surface area contributed by atoms with Gasteiger partial charge in [-0.3, -0.25) is 0 Å². The maximum atomic E-state index is 5.09. The SMILES string of the molecule is CC#COc1ccc(CC)cc1. The van der Waals surface area contributed by atoms with Crippen LogP contribution >= 0.6 is 0 Å². The zero-order valence-corrected chi connectivity index (χ0v) is 7.42. The van der Waals surface area contributed by atoms with Gasteiger partial charge in [-0.15, -0.1) is 0 Å². The minimum absolute atomic E-state index is 0.807. The number of rotatable bonds is 2. The van der Waals surface area contributed by atoms with Gasteiger partial charge >= 0.3 is 0 Å². The maximum absolute atomic E-state index is 5.09. The van der Waals surface area contributed by atoms with Crippen LogP contribution in [0.2, 0.25) is 0 Å². The van der Waals surface area contributed by atoms with Gasteiger partial charge in [0.2, 0.25) is 0 Å². The van der Waals surface area contributed by atoms with E-state index in [0.29, 0.717) is 0 Å². The van der Waals surface area contributed by atoms with Crippen LogP contribution in [0.15, 0.2) is 24.3 Å². The largest absolute Gasteiger partial charge is 0.408 e. The van der Waals surface area contributed by atoms with E-state index < -0.39 is 0 Å². The normalized spacial score (nSPS) is 8.50. The van der Waals surface area contributed by atoms with E-state index in [0.717, 1.165) is 12.2 Å². The molecule has 0 amide bonds. The van der Waals surface area contributed by atoms with Crippen molar-refractivity contribution < 1.29 is 4.74 Å². The molecule has 0 N–H and O–H groups in total. The second-order valence-corrected chi connectivity index (χ2v) is 2.45. The first-order chi connectivity index (χ1) is 5.86. The third-order valence-electron chi connectivity index (χ3n) is 1.60. The standard InChI is InChI=1S/C11H12O/c1-3-9-12-11-7-5-10(4-2)6-8-11/h5-8H,4H2,1-2H3. The van der Waals surface area contributed by atoms with Crippen molar-refractivity contribution in [1.29, 1.82) is 0 Å². The molecule has 0 saturated carbocycles. The second-order valence-electron chi connectivity index (χ2n) is 2.45. The first-order valence-electron chi connectivity index (χ1n) is 4.04. The van der Waals surface area contributed by atoms with Gasteiger partial charge in [0.15, 0.2) is 0 Å². The van der Waals surface area contributed by atoms with E-state index in [2.05, 4.69) is 19.0 Å². The average molecular weight is 160 g/mol. The van der Waals surface area contributed by atoms with Gasteiger partial charge in [-0.2, -0.15) is 0 Å². The van der Waals surface area contributed by atoms with E-state index in [-0.39, 0.29) is 0 Å². The predicted molar refractivity (Wildman–Crippen MR) is 49.9 cm³/mol. The molecule has 0 fully saturated rings. The molecule has 0 heterocycles. The Kier molecular flexibility index (Phi) is 3.22. The van der Waals surface area contributed by atoms with Crippen LogP contribution in [-0.4, -0.2) is 0 Å². The molecule has 0 unspecified atom stereocenters. The summed E-state index contributed by atoms with van der Waals surface area (Å²) >= 11 is 0. The highest BCUT2D eigenvalue weighted by atomic mass is 16.5. The Labute approximate surface area is 73.4 Å². The molecular formula is C11H12O. The molecule has 0 saturated heterocycles. The van der Waals surface area contributed by atoms with E-state index in [4.69, 9.17) is 4.74 Å². The number of aryl methyl sites for hydroxylation is 1. The molecule has 0 spiro atoms. The average Bonchev–Trinajstić information content (AvgIpc) is 2.15. The maximum Gasteiger partial charge on any atom is 0.140 e. The monoisotopic (exact) mass is 160 g/mol. The number of hydrogen-bond donors (Lipinski definition) is 0. The molecular weight excluding hydrogens is 148 g/mol. The van der Waals surface area contributed by atoms with Gasteiger partial charge in [-0.1, -0.05) is 25.0 Å². The molecule has 0 aliphatic carbocycles. The summed E-state index contributed by atoms with van der Waals surface area (Å²) in [6, 6.07) is 7.96. The Bertz CT molecular complexity index is 287. The molecule has 1 nitrogen and oxygen atoms in total.